The predicted octanol–water partition coefficient (Wildman–Crippen LogP) is 0.282. The van der Waals surface area contributed by atoms with E-state index < -0.39 is 0 Å². The van der Waals surface area contributed by atoms with Gasteiger partial charge in [-0.15, -0.1) is 0 Å². The van der Waals surface area contributed by atoms with Gasteiger partial charge in [0.05, 0.1) is 6.54 Å². The number of aryl methyl sites for hydroxylation is 1. The van der Waals surface area contributed by atoms with Crippen LogP contribution in [0, 0.1) is 12.8 Å². The molecule has 0 radical (unpaired) electrons. The van der Waals surface area contributed by atoms with Gasteiger partial charge in [-0.1, -0.05) is 19.0 Å². The standard InChI is InChI=1S/C11H20N4O2/c1-8(2)6-13-11(16)7-12-5-4-10-14-9(3)17-15-10/h8,12H,4-7H2,1-3H3,(H,13,16). The summed E-state index contributed by atoms with van der Waals surface area (Å²) in [6.07, 6.45) is 0.662. The van der Waals surface area contributed by atoms with Crippen molar-refractivity contribution < 1.29 is 9.32 Å². The monoisotopic (exact) mass is 240 g/mol. The molecule has 1 rings (SSSR count). The number of carbonyl (C=O) groups excluding carboxylic acids is 1. The molecule has 96 valence electrons. The van der Waals surface area contributed by atoms with Crippen LogP contribution in [-0.4, -0.2) is 35.7 Å². The highest BCUT2D eigenvalue weighted by atomic mass is 16.5. The van der Waals surface area contributed by atoms with E-state index in [1.807, 2.05) is 0 Å². The van der Waals surface area contributed by atoms with Crippen LogP contribution >= 0.6 is 0 Å². The molecule has 0 saturated carbocycles. The van der Waals surface area contributed by atoms with Crippen molar-refractivity contribution in [3.63, 3.8) is 0 Å². The minimum absolute atomic E-state index is 0.0167. The lowest BCUT2D eigenvalue weighted by molar-refractivity contribution is -0.120. The second-order valence-corrected chi connectivity index (χ2v) is 4.35. The fourth-order valence-electron chi connectivity index (χ4n) is 1.23. The van der Waals surface area contributed by atoms with Crippen molar-refractivity contribution in [2.75, 3.05) is 19.6 Å². The molecule has 0 unspecified atom stereocenters. The molecule has 0 atom stereocenters. The molecule has 0 aliphatic carbocycles. The van der Waals surface area contributed by atoms with Crippen LogP contribution in [0.15, 0.2) is 4.52 Å². The second-order valence-electron chi connectivity index (χ2n) is 4.35. The van der Waals surface area contributed by atoms with Gasteiger partial charge in [-0.05, 0) is 5.92 Å². The van der Waals surface area contributed by atoms with Crippen molar-refractivity contribution in [1.82, 2.24) is 20.8 Å². The molecule has 6 nitrogen and oxygen atoms in total. The molecule has 0 spiro atoms. The molecule has 2 N–H and O–H groups in total. The Hall–Kier alpha value is -1.43. The summed E-state index contributed by atoms with van der Waals surface area (Å²) in [5.74, 6) is 1.72. The zero-order valence-electron chi connectivity index (χ0n) is 10.6. The first-order valence-electron chi connectivity index (χ1n) is 5.84. The van der Waals surface area contributed by atoms with E-state index in [0.29, 0.717) is 43.7 Å². The summed E-state index contributed by atoms with van der Waals surface area (Å²) >= 11 is 0. The van der Waals surface area contributed by atoms with Gasteiger partial charge in [0.1, 0.15) is 0 Å². The third-order valence-corrected chi connectivity index (χ3v) is 2.09. The average Bonchev–Trinajstić information content (AvgIpc) is 2.68. The van der Waals surface area contributed by atoms with Gasteiger partial charge in [-0.3, -0.25) is 4.79 Å². The molecule has 1 aromatic rings. The second kappa shape index (κ2) is 7.01. The molecule has 0 fully saturated rings. The van der Waals surface area contributed by atoms with Gasteiger partial charge in [0.2, 0.25) is 11.8 Å². The predicted molar refractivity (Wildman–Crippen MR) is 63.5 cm³/mol. The van der Waals surface area contributed by atoms with Gasteiger partial charge in [0, 0.05) is 26.4 Å². The molecular formula is C11H20N4O2. The highest BCUT2D eigenvalue weighted by Crippen LogP contribution is 1.94. The third-order valence-electron chi connectivity index (χ3n) is 2.09. The summed E-state index contributed by atoms with van der Waals surface area (Å²) in [6.45, 7) is 7.57. The Morgan fingerprint density at radius 2 is 2.24 bits per heavy atom. The smallest absolute Gasteiger partial charge is 0.233 e. The Bertz CT molecular complexity index is 349. The van der Waals surface area contributed by atoms with E-state index in [0.717, 1.165) is 0 Å². The maximum Gasteiger partial charge on any atom is 0.233 e. The lowest BCUT2D eigenvalue weighted by Gasteiger charge is -2.07. The maximum absolute atomic E-state index is 11.3. The van der Waals surface area contributed by atoms with Crippen LogP contribution in [0.1, 0.15) is 25.6 Å². The van der Waals surface area contributed by atoms with Crippen molar-refractivity contribution in [2.45, 2.75) is 27.2 Å². The number of hydrogen-bond acceptors (Lipinski definition) is 5. The van der Waals surface area contributed by atoms with Gasteiger partial charge in [-0.25, -0.2) is 0 Å². The summed E-state index contributed by atoms with van der Waals surface area (Å²) in [6, 6.07) is 0. The van der Waals surface area contributed by atoms with Crippen LogP contribution in [0.2, 0.25) is 0 Å². The Morgan fingerprint density at radius 3 is 2.82 bits per heavy atom. The van der Waals surface area contributed by atoms with E-state index in [9.17, 15) is 4.79 Å². The van der Waals surface area contributed by atoms with Crippen molar-refractivity contribution in [3.8, 4) is 0 Å². The fraction of sp³-hybridized carbons (Fsp3) is 0.727. The Kier molecular flexibility index (Phi) is 5.62. The highest BCUT2D eigenvalue weighted by Gasteiger charge is 2.03. The number of nitrogens with zero attached hydrogens (tertiary/aromatic N) is 2. The Balaban J connectivity index is 2.06. The van der Waals surface area contributed by atoms with Gasteiger partial charge >= 0.3 is 0 Å². The number of rotatable bonds is 7. The molecule has 1 amide bonds. The quantitative estimate of drug-likeness (QED) is 0.669. The molecule has 1 heterocycles. The Morgan fingerprint density at radius 1 is 1.47 bits per heavy atom. The van der Waals surface area contributed by atoms with Crippen molar-refractivity contribution in [3.05, 3.63) is 11.7 Å². The van der Waals surface area contributed by atoms with Gasteiger partial charge < -0.3 is 15.2 Å². The average molecular weight is 240 g/mol. The van der Waals surface area contributed by atoms with Gasteiger partial charge in [0.15, 0.2) is 5.82 Å². The van der Waals surface area contributed by atoms with E-state index >= 15 is 0 Å². The van der Waals surface area contributed by atoms with Crippen LogP contribution in [0.25, 0.3) is 0 Å². The van der Waals surface area contributed by atoms with Gasteiger partial charge in [0.25, 0.3) is 0 Å². The molecule has 0 saturated heterocycles. The van der Waals surface area contributed by atoms with Crippen LogP contribution in [0.5, 0.6) is 0 Å². The lowest BCUT2D eigenvalue weighted by Crippen LogP contribution is -2.36. The number of carbonyl (C=O) groups is 1. The van der Waals surface area contributed by atoms with Crippen LogP contribution in [-0.2, 0) is 11.2 Å². The number of amides is 1. The van der Waals surface area contributed by atoms with E-state index in [1.54, 1.807) is 6.92 Å². The largest absolute Gasteiger partial charge is 0.355 e. The summed E-state index contributed by atoms with van der Waals surface area (Å²) in [4.78, 5) is 15.4. The zero-order chi connectivity index (χ0) is 12.7. The van der Waals surface area contributed by atoms with Crippen molar-refractivity contribution in [1.29, 1.82) is 0 Å². The summed E-state index contributed by atoms with van der Waals surface area (Å²) < 4.78 is 4.84. The lowest BCUT2D eigenvalue weighted by atomic mass is 10.2. The molecule has 0 aromatic carbocycles. The normalized spacial score (nSPS) is 10.8. The summed E-state index contributed by atoms with van der Waals surface area (Å²) in [5.41, 5.74) is 0. The van der Waals surface area contributed by atoms with E-state index in [1.165, 1.54) is 0 Å². The van der Waals surface area contributed by atoms with E-state index in [2.05, 4.69) is 34.6 Å². The summed E-state index contributed by atoms with van der Waals surface area (Å²) in [7, 11) is 0. The first-order valence-corrected chi connectivity index (χ1v) is 5.84. The first kappa shape index (κ1) is 13.6. The maximum atomic E-state index is 11.3. The van der Waals surface area contributed by atoms with E-state index in [4.69, 9.17) is 4.52 Å². The van der Waals surface area contributed by atoms with Crippen molar-refractivity contribution in [2.24, 2.45) is 5.92 Å². The van der Waals surface area contributed by atoms with E-state index in [-0.39, 0.29) is 5.91 Å². The SMILES string of the molecule is Cc1nc(CCNCC(=O)NCC(C)C)no1. The topological polar surface area (TPSA) is 80.0 Å². The Labute approximate surface area is 101 Å². The van der Waals surface area contributed by atoms with Gasteiger partial charge in [-0.2, -0.15) is 4.98 Å². The molecule has 0 aliphatic heterocycles. The number of aromatic nitrogens is 2. The molecule has 1 aromatic heterocycles. The molecule has 0 aliphatic rings. The number of nitrogens with one attached hydrogen (secondary N) is 2. The zero-order valence-corrected chi connectivity index (χ0v) is 10.6. The highest BCUT2D eigenvalue weighted by molar-refractivity contribution is 5.77. The molecule has 6 heteroatoms. The van der Waals surface area contributed by atoms with Crippen molar-refractivity contribution >= 4 is 5.91 Å². The minimum Gasteiger partial charge on any atom is -0.355 e. The van der Waals surface area contributed by atoms with Crippen LogP contribution in [0.3, 0.4) is 0 Å². The molecule has 0 bridgehead atoms. The molecule has 17 heavy (non-hydrogen) atoms. The number of hydrogen-bond donors (Lipinski definition) is 2. The fourth-order valence-corrected chi connectivity index (χ4v) is 1.23. The van der Waals surface area contributed by atoms with Crippen LogP contribution < -0.4 is 10.6 Å². The summed E-state index contributed by atoms with van der Waals surface area (Å²) in [5, 5.41) is 9.63. The minimum atomic E-state index is 0.0167. The molecular weight excluding hydrogens is 220 g/mol. The third kappa shape index (κ3) is 6.01. The first-order chi connectivity index (χ1) is 8.08. The van der Waals surface area contributed by atoms with Crippen LogP contribution in [0.4, 0.5) is 0 Å².